The molecule has 0 aliphatic heterocycles. The Labute approximate surface area is 132 Å². The van der Waals surface area contributed by atoms with E-state index in [0.717, 1.165) is 24.1 Å². The molecule has 0 saturated heterocycles. The van der Waals surface area contributed by atoms with Gasteiger partial charge in [0.2, 0.25) is 0 Å². The van der Waals surface area contributed by atoms with Crippen molar-refractivity contribution < 1.29 is 4.39 Å². The highest BCUT2D eigenvalue weighted by molar-refractivity contribution is 5.63. The van der Waals surface area contributed by atoms with Crippen LogP contribution in [0.4, 0.5) is 4.39 Å². The molecule has 1 fully saturated rings. The zero-order valence-corrected chi connectivity index (χ0v) is 13.1. The van der Waals surface area contributed by atoms with Gasteiger partial charge in [0.05, 0.1) is 0 Å². The second kappa shape index (κ2) is 7.90. The Hall–Kier alpha value is -1.93. The van der Waals surface area contributed by atoms with Gasteiger partial charge in [-0.05, 0) is 60.0 Å². The van der Waals surface area contributed by atoms with Gasteiger partial charge in [0.15, 0.2) is 0 Å². The Morgan fingerprint density at radius 1 is 1.09 bits per heavy atom. The Morgan fingerprint density at radius 3 is 2.00 bits per heavy atom. The zero-order chi connectivity index (χ0) is 15.9. The molecule has 0 spiro atoms. The minimum Gasteiger partial charge on any atom is -0.330 e. The summed E-state index contributed by atoms with van der Waals surface area (Å²) in [6.07, 6.45) is 4.17. The van der Waals surface area contributed by atoms with Crippen molar-refractivity contribution in [1.29, 1.82) is 0 Å². The minimum absolute atomic E-state index is 0.195. The third kappa shape index (κ3) is 4.28. The average Bonchev–Trinajstić information content (AvgIpc) is 3.36. The lowest BCUT2D eigenvalue weighted by atomic mass is 10.0. The Kier molecular flexibility index (Phi) is 5.91. The Morgan fingerprint density at radius 2 is 1.59 bits per heavy atom. The van der Waals surface area contributed by atoms with Crippen LogP contribution in [0.3, 0.4) is 0 Å². The molecule has 22 heavy (non-hydrogen) atoms. The normalized spacial score (nSPS) is 19.0. The van der Waals surface area contributed by atoms with E-state index in [-0.39, 0.29) is 5.82 Å². The summed E-state index contributed by atoms with van der Waals surface area (Å²) in [6, 6.07) is 15.2. The van der Waals surface area contributed by atoms with Gasteiger partial charge in [0.25, 0.3) is 0 Å². The van der Waals surface area contributed by atoms with Crippen molar-refractivity contribution >= 4 is 0 Å². The van der Waals surface area contributed by atoms with E-state index in [1.807, 2.05) is 18.2 Å². The molecule has 2 atom stereocenters. The summed E-state index contributed by atoms with van der Waals surface area (Å²) in [5.41, 5.74) is 9.21. The predicted octanol–water partition coefficient (Wildman–Crippen LogP) is 5.14. The first kappa shape index (κ1) is 16.4. The summed E-state index contributed by atoms with van der Waals surface area (Å²) >= 11 is 0. The van der Waals surface area contributed by atoms with Gasteiger partial charge in [-0.15, -0.1) is 6.58 Å². The van der Waals surface area contributed by atoms with Crippen molar-refractivity contribution in [3.8, 4) is 11.1 Å². The maximum absolute atomic E-state index is 12.9. The van der Waals surface area contributed by atoms with Crippen LogP contribution < -0.4 is 5.73 Å². The molecule has 0 amide bonds. The summed E-state index contributed by atoms with van der Waals surface area (Å²) in [7, 11) is 0. The van der Waals surface area contributed by atoms with Crippen LogP contribution >= 0.6 is 0 Å². The molecule has 0 bridgehead atoms. The lowest BCUT2D eigenvalue weighted by Gasteiger charge is -2.04. The largest absolute Gasteiger partial charge is 0.330 e. The second-order valence-electron chi connectivity index (χ2n) is 5.66. The van der Waals surface area contributed by atoms with Crippen LogP contribution in [-0.2, 0) is 0 Å². The third-order valence-electron chi connectivity index (χ3n) is 4.03. The maximum atomic E-state index is 12.9. The number of allylic oxidation sites excluding steroid dienone is 1. The summed E-state index contributed by atoms with van der Waals surface area (Å²) in [5.74, 6) is 1.12. The molecule has 2 N–H and O–H groups in total. The van der Waals surface area contributed by atoms with Gasteiger partial charge >= 0.3 is 0 Å². The van der Waals surface area contributed by atoms with Gasteiger partial charge in [-0.2, -0.15) is 0 Å². The van der Waals surface area contributed by atoms with Crippen LogP contribution in [0.2, 0.25) is 0 Å². The number of hydrogen-bond donors (Lipinski definition) is 1. The van der Waals surface area contributed by atoms with Crippen LogP contribution in [0.15, 0.2) is 61.2 Å². The number of rotatable bonds is 4. The zero-order valence-electron chi connectivity index (χ0n) is 13.1. The fourth-order valence-electron chi connectivity index (χ4n) is 2.48. The highest BCUT2D eigenvalue weighted by Gasteiger charge is 2.36. The quantitative estimate of drug-likeness (QED) is 0.777. The molecule has 0 heterocycles. The minimum atomic E-state index is -0.195. The summed E-state index contributed by atoms with van der Waals surface area (Å²) < 4.78 is 12.9. The summed E-state index contributed by atoms with van der Waals surface area (Å²) in [5, 5.41) is 0. The molecule has 2 aromatic carbocycles. The first-order chi connectivity index (χ1) is 10.7. The van der Waals surface area contributed by atoms with Crippen LogP contribution in [0.1, 0.15) is 31.2 Å². The van der Waals surface area contributed by atoms with Crippen LogP contribution in [0.25, 0.3) is 11.1 Å². The van der Waals surface area contributed by atoms with Gasteiger partial charge in [0.1, 0.15) is 5.82 Å². The highest BCUT2D eigenvalue weighted by Crippen LogP contribution is 2.46. The van der Waals surface area contributed by atoms with Gasteiger partial charge < -0.3 is 5.73 Å². The highest BCUT2D eigenvalue weighted by atomic mass is 19.1. The molecule has 2 heteroatoms. The molecule has 1 nitrogen and oxygen atoms in total. The van der Waals surface area contributed by atoms with Crippen LogP contribution in [0, 0.1) is 11.7 Å². The lowest BCUT2D eigenvalue weighted by Crippen LogP contribution is -2.01. The molecule has 3 rings (SSSR count). The van der Waals surface area contributed by atoms with Crippen molar-refractivity contribution in [2.24, 2.45) is 11.7 Å². The van der Waals surface area contributed by atoms with Crippen molar-refractivity contribution in [2.75, 3.05) is 6.54 Å². The van der Waals surface area contributed by atoms with Crippen molar-refractivity contribution in [3.63, 3.8) is 0 Å². The number of nitrogens with two attached hydrogens (primary N) is 1. The fraction of sp³-hybridized carbons (Fsp3) is 0.300. The molecular formula is C20H24FN. The monoisotopic (exact) mass is 297 g/mol. The van der Waals surface area contributed by atoms with E-state index in [9.17, 15) is 4.39 Å². The van der Waals surface area contributed by atoms with E-state index in [0.29, 0.717) is 11.8 Å². The number of halogens is 1. The predicted molar refractivity (Wildman–Crippen MR) is 92.2 cm³/mol. The first-order valence-corrected chi connectivity index (χ1v) is 7.86. The lowest BCUT2D eigenvalue weighted by molar-refractivity contribution is 0.628. The SMILES string of the molecule is C=CCC.NCC1CC1c1ccc(-c2ccc(F)cc2)cc1. The molecule has 1 aliphatic carbocycles. The Bertz CT molecular complexity index is 586. The standard InChI is InChI=1S/C16H16FN.C4H8/c17-15-7-5-12(6-8-15)11-1-3-13(4-2-11)16-9-14(16)10-18;1-3-4-2/h1-8,14,16H,9-10,18H2;3H,1,4H2,2H3. The van der Waals surface area contributed by atoms with E-state index in [1.165, 1.54) is 24.1 Å². The molecule has 0 aromatic heterocycles. The third-order valence-corrected chi connectivity index (χ3v) is 4.03. The van der Waals surface area contributed by atoms with E-state index in [4.69, 9.17) is 5.73 Å². The van der Waals surface area contributed by atoms with Crippen LogP contribution in [0.5, 0.6) is 0 Å². The van der Waals surface area contributed by atoms with E-state index in [2.05, 4.69) is 37.8 Å². The smallest absolute Gasteiger partial charge is 0.123 e. The topological polar surface area (TPSA) is 26.0 Å². The van der Waals surface area contributed by atoms with Gasteiger partial charge in [-0.3, -0.25) is 0 Å². The molecule has 2 unspecified atom stereocenters. The van der Waals surface area contributed by atoms with Crippen molar-refractivity contribution in [1.82, 2.24) is 0 Å². The van der Waals surface area contributed by atoms with E-state index < -0.39 is 0 Å². The van der Waals surface area contributed by atoms with E-state index >= 15 is 0 Å². The summed E-state index contributed by atoms with van der Waals surface area (Å²) in [4.78, 5) is 0. The second-order valence-corrected chi connectivity index (χ2v) is 5.66. The molecule has 2 aromatic rings. The van der Waals surface area contributed by atoms with Crippen LogP contribution in [-0.4, -0.2) is 6.54 Å². The van der Waals surface area contributed by atoms with Crippen molar-refractivity contribution in [3.05, 3.63) is 72.6 Å². The molecule has 116 valence electrons. The van der Waals surface area contributed by atoms with Crippen molar-refractivity contribution in [2.45, 2.75) is 25.7 Å². The van der Waals surface area contributed by atoms with Gasteiger partial charge in [-0.25, -0.2) is 4.39 Å². The van der Waals surface area contributed by atoms with Gasteiger partial charge in [0, 0.05) is 0 Å². The first-order valence-electron chi connectivity index (χ1n) is 7.86. The molecular weight excluding hydrogens is 273 g/mol. The molecule has 0 radical (unpaired) electrons. The maximum Gasteiger partial charge on any atom is 0.123 e. The molecule has 1 aliphatic rings. The fourth-order valence-corrected chi connectivity index (χ4v) is 2.48. The van der Waals surface area contributed by atoms with Gasteiger partial charge in [-0.1, -0.05) is 49.4 Å². The van der Waals surface area contributed by atoms with E-state index in [1.54, 1.807) is 0 Å². The average molecular weight is 297 g/mol. The summed E-state index contributed by atoms with van der Waals surface area (Å²) in [6.45, 7) is 6.32. The number of hydrogen-bond acceptors (Lipinski definition) is 1. The Balaban J connectivity index is 0.000000396. The number of benzene rings is 2. The molecule has 1 saturated carbocycles.